The van der Waals surface area contributed by atoms with Gasteiger partial charge in [0.2, 0.25) is 5.91 Å². The van der Waals surface area contributed by atoms with Crippen molar-refractivity contribution in [3.8, 4) is 0 Å². The van der Waals surface area contributed by atoms with Gasteiger partial charge in [-0.05, 0) is 17.5 Å². The van der Waals surface area contributed by atoms with E-state index < -0.39 is 0 Å². The van der Waals surface area contributed by atoms with Crippen LogP contribution in [0, 0.1) is 0 Å². The highest BCUT2D eigenvalue weighted by Crippen LogP contribution is 2.23. The third-order valence-electron chi connectivity index (χ3n) is 3.14. The van der Waals surface area contributed by atoms with Crippen LogP contribution in [-0.4, -0.2) is 30.9 Å². The minimum absolute atomic E-state index is 0.108. The van der Waals surface area contributed by atoms with Gasteiger partial charge in [0.05, 0.1) is 0 Å². The van der Waals surface area contributed by atoms with E-state index in [1.165, 1.54) is 5.56 Å². The van der Waals surface area contributed by atoms with E-state index in [4.69, 9.17) is 0 Å². The van der Waals surface area contributed by atoms with E-state index in [1.54, 1.807) is 11.0 Å². The van der Waals surface area contributed by atoms with Gasteiger partial charge in [0.25, 0.3) is 0 Å². The van der Waals surface area contributed by atoms with Crippen molar-refractivity contribution in [2.75, 3.05) is 20.1 Å². The van der Waals surface area contributed by atoms with Crippen LogP contribution < -0.4 is 5.32 Å². The van der Waals surface area contributed by atoms with Crippen LogP contribution in [0.5, 0.6) is 0 Å². The highest BCUT2D eigenvalue weighted by atomic mass is 16.2. The molecule has 3 nitrogen and oxygen atoms in total. The van der Waals surface area contributed by atoms with Gasteiger partial charge in [0, 0.05) is 20.1 Å². The van der Waals surface area contributed by atoms with Gasteiger partial charge in [-0.15, -0.1) is 6.58 Å². The zero-order valence-electron chi connectivity index (χ0n) is 10.1. The molecule has 17 heavy (non-hydrogen) atoms. The molecule has 1 heterocycles. The molecule has 1 unspecified atom stereocenters. The molecule has 90 valence electrons. The van der Waals surface area contributed by atoms with Crippen LogP contribution in [0.3, 0.4) is 0 Å². The number of hydrogen-bond donors (Lipinski definition) is 1. The van der Waals surface area contributed by atoms with Gasteiger partial charge in [0.15, 0.2) is 0 Å². The zero-order chi connectivity index (χ0) is 12.3. The summed E-state index contributed by atoms with van der Waals surface area (Å²) < 4.78 is 0. The first kappa shape index (κ1) is 11.9. The molecule has 0 saturated heterocycles. The fourth-order valence-electron chi connectivity index (χ4n) is 2.23. The lowest BCUT2D eigenvalue weighted by Gasteiger charge is -2.29. The molecule has 1 N–H and O–H groups in total. The Labute approximate surface area is 102 Å². The van der Waals surface area contributed by atoms with E-state index in [0.29, 0.717) is 6.54 Å². The Balaban J connectivity index is 2.23. The third kappa shape index (κ3) is 2.39. The average molecular weight is 230 g/mol. The molecule has 0 aromatic heterocycles. The number of carbonyl (C=O) groups is 1. The maximum absolute atomic E-state index is 12.3. The lowest BCUT2D eigenvalue weighted by molar-refractivity contribution is -0.132. The number of benzene rings is 1. The molecule has 2 rings (SSSR count). The lowest BCUT2D eigenvalue weighted by atomic mass is 9.93. The van der Waals surface area contributed by atoms with Gasteiger partial charge in [0.1, 0.15) is 6.04 Å². The van der Waals surface area contributed by atoms with Crippen LogP contribution >= 0.6 is 0 Å². The van der Waals surface area contributed by atoms with Gasteiger partial charge in [-0.2, -0.15) is 0 Å². The molecule has 1 aliphatic heterocycles. The minimum Gasteiger partial charge on any atom is -0.340 e. The second-order valence-electron chi connectivity index (χ2n) is 4.34. The molecule has 0 radical (unpaired) electrons. The van der Waals surface area contributed by atoms with E-state index in [0.717, 1.165) is 18.5 Å². The number of fused-ring (bicyclic) bond motifs is 1. The van der Waals surface area contributed by atoms with Crippen LogP contribution in [0.1, 0.15) is 17.2 Å². The summed E-state index contributed by atoms with van der Waals surface area (Å²) >= 11 is 0. The molecule has 1 aliphatic rings. The highest BCUT2D eigenvalue weighted by molar-refractivity contribution is 5.84. The summed E-state index contributed by atoms with van der Waals surface area (Å²) in [5.74, 6) is 0.108. The number of likely N-dealkylation sites (N-methyl/N-ethyl adjacent to an activating group) is 1. The van der Waals surface area contributed by atoms with Crippen LogP contribution in [0.25, 0.3) is 0 Å². The second kappa shape index (κ2) is 5.15. The fraction of sp³-hybridized carbons (Fsp3) is 0.357. The first-order valence-electron chi connectivity index (χ1n) is 5.91. The molecule has 1 aromatic rings. The summed E-state index contributed by atoms with van der Waals surface area (Å²) in [4.78, 5) is 14.0. The Morgan fingerprint density at radius 2 is 2.35 bits per heavy atom. The normalized spacial score (nSPS) is 18.3. The smallest absolute Gasteiger partial charge is 0.244 e. The van der Waals surface area contributed by atoms with E-state index >= 15 is 0 Å². The lowest BCUT2D eigenvalue weighted by Crippen LogP contribution is -2.42. The molecule has 3 heteroatoms. The van der Waals surface area contributed by atoms with Crippen molar-refractivity contribution < 1.29 is 4.79 Å². The number of nitrogens with zero attached hydrogens (tertiary/aromatic N) is 1. The predicted octanol–water partition coefficient (Wildman–Crippen LogP) is 1.52. The molecular weight excluding hydrogens is 212 g/mol. The first-order chi connectivity index (χ1) is 8.24. The fourth-order valence-corrected chi connectivity index (χ4v) is 2.23. The molecule has 1 atom stereocenters. The SMILES string of the molecule is C=CCN(C)C(=O)C1NCCc2ccccc21. The van der Waals surface area contributed by atoms with Crippen molar-refractivity contribution in [3.05, 3.63) is 48.0 Å². The molecule has 0 fully saturated rings. The molecule has 0 spiro atoms. The minimum atomic E-state index is -0.204. The summed E-state index contributed by atoms with van der Waals surface area (Å²) in [6, 6.07) is 7.94. The van der Waals surface area contributed by atoms with Crippen molar-refractivity contribution in [3.63, 3.8) is 0 Å². The average Bonchev–Trinajstić information content (AvgIpc) is 2.37. The maximum atomic E-state index is 12.3. The van der Waals surface area contributed by atoms with Crippen LogP contribution in [-0.2, 0) is 11.2 Å². The van der Waals surface area contributed by atoms with Gasteiger partial charge in [-0.25, -0.2) is 0 Å². The van der Waals surface area contributed by atoms with Crippen LogP contribution in [0.4, 0.5) is 0 Å². The number of hydrogen-bond acceptors (Lipinski definition) is 2. The highest BCUT2D eigenvalue weighted by Gasteiger charge is 2.27. The number of nitrogens with one attached hydrogen (secondary N) is 1. The summed E-state index contributed by atoms with van der Waals surface area (Å²) in [5.41, 5.74) is 2.39. The summed E-state index contributed by atoms with van der Waals surface area (Å²) in [6.07, 6.45) is 2.73. The topological polar surface area (TPSA) is 32.3 Å². The number of amides is 1. The van der Waals surface area contributed by atoms with Crippen molar-refractivity contribution >= 4 is 5.91 Å². The van der Waals surface area contributed by atoms with E-state index in [1.807, 2.05) is 25.2 Å². The Morgan fingerprint density at radius 1 is 1.59 bits per heavy atom. The summed E-state index contributed by atoms with van der Waals surface area (Å²) in [7, 11) is 1.81. The monoisotopic (exact) mass is 230 g/mol. The van der Waals surface area contributed by atoms with Gasteiger partial charge >= 0.3 is 0 Å². The largest absolute Gasteiger partial charge is 0.340 e. The van der Waals surface area contributed by atoms with E-state index in [-0.39, 0.29) is 11.9 Å². The van der Waals surface area contributed by atoms with Crippen molar-refractivity contribution in [2.45, 2.75) is 12.5 Å². The number of rotatable bonds is 3. The van der Waals surface area contributed by atoms with Gasteiger partial charge < -0.3 is 10.2 Å². The number of carbonyl (C=O) groups excluding carboxylic acids is 1. The van der Waals surface area contributed by atoms with Crippen molar-refractivity contribution in [1.82, 2.24) is 10.2 Å². The first-order valence-corrected chi connectivity index (χ1v) is 5.91. The summed E-state index contributed by atoms with van der Waals surface area (Å²) in [5, 5.41) is 3.29. The maximum Gasteiger partial charge on any atom is 0.244 e. The molecule has 0 aliphatic carbocycles. The second-order valence-corrected chi connectivity index (χ2v) is 4.34. The van der Waals surface area contributed by atoms with Crippen molar-refractivity contribution in [2.24, 2.45) is 0 Å². The quantitative estimate of drug-likeness (QED) is 0.798. The Bertz CT molecular complexity index is 428. The van der Waals surface area contributed by atoms with E-state index in [9.17, 15) is 4.79 Å². The molecule has 0 saturated carbocycles. The Hall–Kier alpha value is -1.61. The van der Waals surface area contributed by atoms with Gasteiger partial charge in [-0.3, -0.25) is 4.79 Å². The molecule has 1 amide bonds. The predicted molar refractivity (Wildman–Crippen MR) is 68.7 cm³/mol. The molecular formula is C14H18N2O. The van der Waals surface area contributed by atoms with E-state index in [2.05, 4.69) is 18.0 Å². The standard InChI is InChI=1S/C14H18N2O/c1-3-10-16(2)14(17)13-12-7-5-4-6-11(12)8-9-15-13/h3-7,13,15H,1,8-10H2,2H3. The Morgan fingerprint density at radius 3 is 3.12 bits per heavy atom. The molecule has 0 bridgehead atoms. The zero-order valence-corrected chi connectivity index (χ0v) is 10.1. The van der Waals surface area contributed by atoms with Crippen molar-refractivity contribution in [1.29, 1.82) is 0 Å². The van der Waals surface area contributed by atoms with Crippen LogP contribution in [0.15, 0.2) is 36.9 Å². The molecule has 1 aromatic carbocycles. The third-order valence-corrected chi connectivity index (χ3v) is 3.14. The summed E-state index contributed by atoms with van der Waals surface area (Å²) in [6.45, 7) is 5.10. The Kier molecular flexibility index (Phi) is 3.59. The van der Waals surface area contributed by atoms with Gasteiger partial charge in [-0.1, -0.05) is 30.3 Å². The van der Waals surface area contributed by atoms with Crippen LogP contribution in [0.2, 0.25) is 0 Å².